The van der Waals surface area contributed by atoms with Crippen molar-refractivity contribution < 1.29 is 9.59 Å². The van der Waals surface area contributed by atoms with Crippen LogP contribution in [0.2, 0.25) is 0 Å². The van der Waals surface area contributed by atoms with Crippen molar-refractivity contribution in [3.63, 3.8) is 0 Å². The lowest BCUT2D eigenvalue weighted by Crippen LogP contribution is -2.48. The van der Waals surface area contributed by atoms with Crippen molar-refractivity contribution in [2.24, 2.45) is 5.92 Å². The second-order valence-electron chi connectivity index (χ2n) is 8.08. The normalized spacial score (nSPS) is 17.3. The van der Waals surface area contributed by atoms with Gasteiger partial charge in [-0.05, 0) is 31.0 Å². The molecule has 0 radical (unpaired) electrons. The zero-order valence-electron chi connectivity index (χ0n) is 16.8. The SMILES string of the molecule is O=C(CN1CCN(c2ccccc2)CC1)Nc1c(C(=O)C2CC2)[nH]c2ccncc12. The van der Waals surface area contributed by atoms with Crippen LogP contribution in [-0.4, -0.2) is 59.3 Å². The number of fused-ring (bicyclic) bond motifs is 1. The van der Waals surface area contributed by atoms with E-state index in [9.17, 15) is 9.59 Å². The fraction of sp³-hybridized carbons (Fsp3) is 0.348. The van der Waals surface area contributed by atoms with Gasteiger partial charge in [0.05, 0.1) is 17.7 Å². The van der Waals surface area contributed by atoms with E-state index in [-0.39, 0.29) is 17.6 Å². The van der Waals surface area contributed by atoms with Crippen molar-refractivity contribution in [2.75, 3.05) is 42.9 Å². The van der Waals surface area contributed by atoms with Gasteiger partial charge in [0.25, 0.3) is 0 Å². The third-order valence-electron chi connectivity index (χ3n) is 5.92. The number of hydrogen-bond donors (Lipinski definition) is 2. The molecular formula is C23H25N5O2. The molecule has 1 aromatic carbocycles. The van der Waals surface area contributed by atoms with Crippen LogP contribution in [0.25, 0.3) is 10.9 Å². The molecule has 2 aliphatic rings. The lowest BCUT2D eigenvalue weighted by molar-refractivity contribution is -0.117. The number of rotatable bonds is 6. The van der Waals surface area contributed by atoms with Gasteiger partial charge in [-0.25, -0.2) is 0 Å². The van der Waals surface area contributed by atoms with Gasteiger partial charge in [-0.2, -0.15) is 0 Å². The maximum atomic E-state index is 12.8. The number of nitrogens with one attached hydrogen (secondary N) is 2. The molecule has 7 nitrogen and oxygen atoms in total. The zero-order valence-corrected chi connectivity index (χ0v) is 16.8. The topological polar surface area (TPSA) is 81.3 Å². The van der Waals surface area contributed by atoms with E-state index in [4.69, 9.17) is 0 Å². The van der Waals surface area contributed by atoms with E-state index < -0.39 is 0 Å². The first-order valence-corrected chi connectivity index (χ1v) is 10.5. The van der Waals surface area contributed by atoms with E-state index in [0.29, 0.717) is 17.9 Å². The predicted molar refractivity (Wildman–Crippen MR) is 117 cm³/mol. The molecule has 1 saturated heterocycles. The Bertz CT molecular complexity index is 1070. The molecule has 3 heterocycles. The van der Waals surface area contributed by atoms with Crippen molar-refractivity contribution in [3.8, 4) is 0 Å². The number of ketones is 1. The number of aromatic amines is 1. The molecule has 3 aromatic rings. The molecule has 0 atom stereocenters. The first-order chi connectivity index (χ1) is 14.7. The first-order valence-electron chi connectivity index (χ1n) is 10.5. The fourth-order valence-electron chi connectivity index (χ4n) is 4.08. The monoisotopic (exact) mass is 403 g/mol. The Labute approximate surface area is 175 Å². The lowest BCUT2D eigenvalue weighted by atomic mass is 10.1. The average molecular weight is 403 g/mol. The molecule has 5 rings (SSSR count). The van der Waals surface area contributed by atoms with E-state index in [1.807, 2.05) is 24.3 Å². The van der Waals surface area contributed by atoms with Crippen LogP contribution in [0.15, 0.2) is 48.8 Å². The summed E-state index contributed by atoms with van der Waals surface area (Å²) in [5.74, 6) is 0.0588. The summed E-state index contributed by atoms with van der Waals surface area (Å²) in [5, 5.41) is 3.78. The van der Waals surface area contributed by atoms with E-state index in [0.717, 1.165) is 49.9 Å². The minimum Gasteiger partial charge on any atom is -0.369 e. The molecule has 0 bridgehead atoms. The van der Waals surface area contributed by atoms with E-state index >= 15 is 0 Å². The molecule has 2 N–H and O–H groups in total. The molecule has 0 spiro atoms. The zero-order chi connectivity index (χ0) is 20.5. The Morgan fingerprint density at radius 1 is 1.07 bits per heavy atom. The van der Waals surface area contributed by atoms with Gasteiger partial charge >= 0.3 is 0 Å². The van der Waals surface area contributed by atoms with Crippen molar-refractivity contribution >= 4 is 34.0 Å². The average Bonchev–Trinajstić information content (AvgIpc) is 3.57. The standard InChI is InChI=1S/C23H25N5O2/c29-20(15-27-10-12-28(13-11-27)17-4-2-1-3-5-17)26-21-18-14-24-9-8-19(18)25-22(21)23(30)16-6-7-16/h1-5,8-9,14,16,25H,6-7,10-13,15H2,(H,26,29). The summed E-state index contributed by atoms with van der Waals surface area (Å²) in [6.07, 6.45) is 5.23. The highest BCUT2D eigenvalue weighted by atomic mass is 16.2. The van der Waals surface area contributed by atoms with Gasteiger partial charge in [0.15, 0.2) is 5.78 Å². The Morgan fingerprint density at radius 3 is 2.57 bits per heavy atom. The van der Waals surface area contributed by atoms with Gasteiger partial charge in [0, 0.05) is 55.6 Å². The molecule has 1 amide bonds. The molecule has 2 fully saturated rings. The number of nitrogens with zero attached hydrogens (tertiary/aromatic N) is 3. The number of amides is 1. The number of carbonyl (C=O) groups excluding carboxylic acids is 2. The number of aromatic nitrogens is 2. The van der Waals surface area contributed by atoms with E-state index in [1.54, 1.807) is 12.4 Å². The van der Waals surface area contributed by atoms with E-state index in [2.05, 4.69) is 37.2 Å². The van der Waals surface area contributed by atoms with Crippen LogP contribution in [-0.2, 0) is 4.79 Å². The Kier molecular flexibility index (Phi) is 4.96. The summed E-state index contributed by atoms with van der Waals surface area (Å²) in [6, 6.07) is 12.2. The minimum absolute atomic E-state index is 0.0766. The van der Waals surface area contributed by atoms with Crippen LogP contribution >= 0.6 is 0 Å². The Balaban J connectivity index is 1.25. The smallest absolute Gasteiger partial charge is 0.238 e. The highest BCUT2D eigenvalue weighted by Gasteiger charge is 2.34. The van der Waals surface area contributed by atoms with Crippen LogP contribution in [0.1, 0.15) is 23.3 Å². The largest absolute Gasteiger partial charge is 0.369 e. The van der Waals surface area contributed by atoms with E-state index in [1.165, 1.54) is 5.69 Å². The number of piperazine rings is 1. The number of benzene rings is 1. The number of para-hydroxylation sites is 1. The van der Waals surface area contributed by atoms with Gasteiger partial charge in [0.2, 0.25) is 5.91 Å². The van der Waals surface area contributed by atoms with Gasteiger partial charge in [0.1, 0.15) is 5.69 Å². The maximum absolute atomic E-state index is 12.8. The minimum atomic E-state index is -0.0993. The van der Waals surface area contributed by atoms with Gasteiger partial charge in [-0.3, -0.25) is 19.5 Å². The van der Waals surface area contributed by atoms with Crippen LogP contribution < -0.4 is 10.2 Å². The number of Topliss-reactive ketones (excluding diaryl/α,β-unsaturated/α-hetero) is 1. The first kappa shape index (κ1) is 18.8. The molecule has 1 aliphatic heterocycles. The van der Waals surface area contributed by atoms with Gasteiger partial charge in [-0.1, -0.05) is 18.2 Å². The second kappa shape index (κ2) is 7.91. The van der Waals surface area contributed by atoms with Gasteiger partial charge < -0.3 is 15.2 Å². The molecule has 0 unspecified atom stereocenters. The summed E-state index contributed by atoms with van der Waals surface area (Å²) >= 11 is 0. The van der Waals surface area contributed by atoms with Crippen LogP contribution in [0.3, 0.4) is 0 Å². The quantitative estimate of drug-likeness (QED) is 0.619. The van der Waals surface area contributed by atoms with Crippen molar-refractivity contribution in [1.29, 1.82) is 0 Å². The molecule has 7 heteroatoms. The molecule has 154 valence electrons. The highest BCUT2D eigenvalue weighted by Crippen LogP contribution is 2.36. The summed E-state index contributed by atoms with van der Waals surface area (Å²) in [6.45, 7) is 3.74. The highest BCUT2D eigenvalue weighted by molar-refractivity contribution is 6.14. The van der Waals surface area contributed by atoms with Crippen molar-refractivity contribution in [1.82, 2.24) is 14.9 Å². The molecule has 1 saturated carbocycles. The predicted octanol–water partition coefficient (Wildman–Crippen LogP) is 2.92. The molecular weight excluding hydrogens is 378 g/mol. The molecule has 1 aliphatic carbocycles. The van der Waals surface area contributed by atoms with Gasteiger partial charge in [-0.15, -0.1) is 0 Å². The van der Waals surface area contributed by atoms with Crippen LogP contribution in [0.5, 0.6) is 0 Å². The third kappa shape index (κ3) is 3.80. The number of carbonyl (C=O) groups is 2. The summed E-state index contributed by atoms with van der Waals surface area (Å²) in [5.41, 5.74) is 3.11. The maximum Gasteiger partial charge on any atom is 0.238 e. The molecule has 30 heavy (non-hydrogen) atoms. The summed E-state index contributed by atoms with van der Waals surface area (Å²) in [7, 11) is 0. The van der Waals surface area contributed by atoms with Crippen molar-refractivity contribution in [2.45, 2.75) is 12.8 Å². The number of hydrogen-bond acceptors (Lipinski definition) is 5. The lowest BCUT2D eigenvalue weighted by Gasteiger charge is -2.35. The Morgan fingerprint density at radius 2 is 1.83 bits per heavy atom. The second-order valence-corrected chi connectivity index (χ2v) is 8.08. The Hall–Kier alpha value is -3.19. The summed E-state index contributed by atoms with van der Waals surface area (Å²) in [4.78, 5) is 37.4. The number of H-pyrrole nitrogens is 1. The van der Waals surface area contributed by atoms with Crippen molar-refractivity contribution in [3.05, 3.63) is 54.5 Å². The number of anilines is 2. The fourth-order valence-corrected chi connectivity index (χ4v) is 4.08. The third-order valence-corrected chi connectivity index (χ3v) is 5.92. The number of pyridine rings is 1. The van der Waals surface area contributed by atoms with Crippen LogP contribution in [0, 0.1) is 5.92 Å². The van der Waals surface area contributed by atoms with Crippen LogP contribution in [0.4, 0.5) is 11.4 Å². The summed E-state index contributed by atoms with van der Waals surface area (Å²) < 4.78 is 0. The molecule has 2 aromatic heterocycles.